The Morgan fingerprint density at radius 1 is 0.844 bits per heavy atom. The van der Waals surface area contributed by atoms with Gasteiger partial charge in [-0.05, 0) is 47.8 Å². The Morgan fingerprint density at radius 2 is 1.38 bits per heavy atom. The Hall–Kier alpha value is -1.36. The number of ether oxygens (including phenoxy) is 3. The Morgan fingerprint density at radius 3 is 1.81 bits per heavy atom. The summed E-state index contributed by atoms with van der Waals surface area (Å²) in [6.07, 6.45) is 1.83. The molecule has 5 nitrogen and oxygen atoms in total. The second kappa shape index (κ2) is 11.7. The molecule has 0 rings (SSSR count). The van der Waals surface area contributed by atoms with Gasteiger partial charge in [0.2, 0.25) is 0 Å². The Labute approximate surface area is 197 Å². The molecular formula is C27H50O5. The molecule has 0 heterocycles. The molecule has 2 atom stereocenters. The quantitative estimate of drug-likeness (QED) is 0.232. The highest BCUT2D eigenvalue weighted by atomic mass is 16.6. The molecule has 0 aromatic heterocycles. The maximum absolute atomic E-state index is 12.7. The van der Waals surface area contributed by atoms with Gasteiger partial charge in [-0.15, -0.1) is 0 Å². The number of carbonyl (C=O) groups excluding carboxylic acids is 2. The van der Waals surface area contributed by atoms with Gasteiger partial charge in [0.05, 0.1) is 26.1 Å². The minimum Gasteiger partial charge on any atom is -0.469 e. The molecule has 0 saturated carbocycles. The number of esters is 2. The van der Waals surface area contributed by atoms with Gasteiger partial charge in [-0.1, -0.05) is 74.5 Å². The number of methoxy groups -OCH3 is 2. The zero-order valence-electron chi connectivity index (χ0n) is 22.9. The summed E-state index contributed by atoms with van der Waals surface area (Å²) in [4.78, 5) is 24.7. The highest BCUT2D eigenvalue weighted by Crippen LogP contribution is 2.54. The van der Waals surface area contributed by atoms with Crippen molar-refractivity contribution in [3.05, 3.63) is 12.2 Å². The van der Waals surface area contributed by atoms with E-state index in [2.05, 4.69) is 68.9 Å². The molecule has 0 bridgehead atoms. The minimum atomic E-state index is -0.612. The van der Waals surface area contributed by atoms with E-state index in [4.69, 9.17) is 14.2 Å². The first kappa shape index (κ1) is 30.6. The summed E-state index contributed by atoms with van der Waals surface area (Å²) in [6, 6.07) is 0. The lowest BCUT2D eigenvalue weighted by atomic mass is 9.55. The van der Waals surface area contributed by atoms with Crippen LogP contribution in [-0.2, 0) is 23.8 Å². The Balaban J connectivity index is 5.43. The van der Waals surface area contributed by atoms with Gasteiger partial charge in [-0.3, -0.25) is 9.59 Å². The van der Waals surface area contributed by atoms with Crippen LogP contribution in [0.2, 0.25) is 0 Å². The van der Waals surface area contributed by atoms with E-state index < -0.39 is 17.9 Å². The van der Waals surface area contributed by atoms with Crippen molar-refractivity contribution in [2.75, 3.05) is 20.8 Å². The van der Waals surface area contributed by atoms with Crippen LogP contribution in [0.1, 0.15) is 94.9 Å². The number of hydrogen-bond acceptors (Lipinski definition) is 5. The molecule has 0 spiro atoms. The summed E-state index contributed by atoms with van der Waals surface area (Å²) >= 11 is 0. The van der Waals surface area contributed by atoms with Crippen LogP contribution in [0.25, 0.3) is 0 Å². The fraction of sp³-hybridized carbons (Fsp3) is 0.852. The lowest BCUT2D eigenvalue weighted by Gasteiger charge is -2.50. The van der Waals surface area contributed by atoms with Gasteiger partial charge < -0.3 is 14.2 Å². The van der Waals surface area contributed by atoms with Crippen molar-refractivity contribution in [1.82, 2.24) is 0 Å². The maximum Gasteiger partial charge on any atom is 0.310 e. The molecule has 0 aromatic carbocycles. The fourth-order valence-corrected chi connectivity index (χ4v) is 3.98. The maximum atomic E-state index is 12.7. The topological polar surface area (TPSA) is 61.8 Å². The third kappa shape index (κ3) is 9.25. The smallest absolute Gasteiger partial charge is 0.310 e. The van der Waals surface area contributed by atoms with Crippen LogP contribution in [0.15, 0.2) is 12.2 Å². The Bertz CT molecular complexity index is 637. The average Bonchev–Trinajstić information content (AvgIpc) is 2.58. The van der Waals surface area contributed by atoms with E-state index in [1.54, 1.807) is 14.0 Å². The molecule has 32 heavy (non-hydrogen) atoms. The summed E-state index contributed by atoms with van der Waals surface area (Å²) in [7, 11) is 2.89. The number of carbonyl (C=O) groups is 2. The molecule has 0 aliphatic rings. The summed E-state index contributed by atoms with van der Waals surface area (Å²) in [6.45, 7) is 27.1. The third-order valence-electron chi connectivity index (χ3n) is 7.67. The van der Waals surface area contributed by atoms with E-state index in [9.17, 15) is 9.59 Å². The first-order valence-corrected chi connectivity index (χ1v) is 11.7. The summed E-state index contributed by atoms with van der Waals surface area (Å²) < 4.78 is 15.3. The molecule has 0 aliphatic carbocycles. The summed E-state index contributed by atoms with van der Waals surface area (Å²) in [5, 5.41) is 0. The van der Waals surface area contributed by atoms with Crippen LogP contribution in [0.5, 0.6) is 0 Å². The Kier molecular flexibility index (Phi) is 11.2. The van der Waals surface area contributed by atoms with E-state index in [0.717, 1.165) is 18.4 Å². The van der Waals surface area contributed by atoms with Crippen LogP contribution in [0, 0.1) is 27.6 Å². The zero-order valence-corrected chi connectivity index (χ0v) is 22.9. The largest absolute Gasteiger partial charge is 0.469 e. The van der Waals surface area contributed by atoms with Crippen molar-refractivity contribution >= 4 is 11.9 Å². The number of hydrogen-bond donors (Lipinski definition) is 0. The van der Waals surface area contributed by atoms with E-state index in [1.807, 2.05) is 0 Å². The van der Waals surface area contributed by atoms with Crippen molar-refractivity contribution in [2.24, 2.45) is 27.6 Å². The summed E-state index contributed by atoms with van der Waals surface area (Å²) in [5.74, 6) is -1.45. The average molecular weight is 455 g/mol. The van der Waals surface area contributed by atoms with Gasteiger partial charge in [-0.25, -0.2) is 0 Å². The fourth-order valence-electron chi connectivity index (χ4n) is 3.98. The molecule has 0 radical (unpaired) electrons. The molecule has 188 valence electrons. The molecule has 0 aliphatic heterocycles. The van der Waals surface area contributed by atoms with Crippen LogP contribution in [-0.4, -0.2) is 38.9 Å². The van der Waals surface area contributed by atoms with Gasteiger partial charge >= 0.3 is 11.9 Å². The normalized spacial score (nSPS) is 15.1. The molecule has 5 heteroatoms. The monoisotopic (exact) mass is 454 g/mol. The van der Waals surface area contributed by atoms with E-state index in [0.29, 0.717) is 13.0 Å². The molecule has 0 fully saturated rings. The second-order valence-corrected chi connectivity index (χ2v) is 12.4. The van der Waals surface area contributed by atoms with Gasteiger partial charge in [0.15, 0.2) is 0 Å². The lowest BCUT2D eigenvalue weighted by Crippen LogP contribution is -2.41. The predicted molar refractivity (Wildman–Crippen MR) is 131 cm³/mol. The van der Waals surface area contributed by atoms with Crippen LogP contribution >= 0.6 is 0 Å². The van der Waals surface area contributed by atoms with Gasteiger partial charge in [0.1, 0.15) is 6.10 Å². The lowest BCUT2D eigenvalue weighted by molar-refractivity contribution is -0.159. The van der Waals surface area contributed by atoms with Crippen molar-refractivity contribution in [2.45, 2.75) is 101 Å². The standard InChI is InChI=1S/C27H50O5/c1-19(14-21(15-22(28)31-13)23(29)32-20(2)17-30-12)16-25(6,7)27(10,11)18-26(8,9)24(3,4)5/h20-21H,1,14-18H2,2-13H3. The van der Waals surface area contributed by atoms with Crippen LogP contribution < -0.4 is 0 Å². The van der Waals surface area contributed by atoms with Crippen LogP contribution in [0.3, 0.4) is 0 Å². The van der Waals surface area contributed by atoms with Crippen molar-refractivity contribution in [1.29, 1.82) is 0 Å². The predicted octanol–water partition coefficient (Wildman–Crippen LogP) is 6.60. The zero-order chi connectivity index (χ0) is 25.5. The molecule has 0 aromatic rings. The van der Waals surface area contributed by atoms with Crippen molar-refractivity contribution < 1.29 is 23.8 Å². The number of allylic oxidation sites excluding steroid dienone is 1. The van der Waals surface area contributed by atoms with Gasteiger partial charge in [-0.2, -0.15) is 0 Å². The van der Waals surface area contributed by atoms with Crippen molar-refractivity contribution in [3.8, 4) is 0 Å². The minimum absolute atomic E-state index is 0.0189. The highest BCUT2D eigenvalue weighted by Gasteiger charge is 2.44. The second-order valence-electron chi connectivity index (χ2n) is 12.4. The molecule has 0 amide bonds. The first-order chi connectivity index (χ1) is 14.3. The molecule has 0 N–H and O–H groups in total. The van der Waals surface area contributed by atoms with E-state index in [1.165, 1.54) is 7.11 Å². The highest BCUT2D eigenvalue weighted by molar-refractivity contribution is 5.80. The van der Waals surface area contributed by atoms with E-state index >= 15 is 0 Å². The van der Waals surface area contributed by atoms with Crippen molar-refractivity contribution in [3.63, 3.8) is 0 Å². The van der Waals surface area contributed by atoms with E-state index in [-0.39, 0.29) is 34.2 Å². The van der Waals surface area contributed by atoms with Crippen LogP contribution in [0.4, 0.5) is 0 Å². The first-order valence-electron chi connectivity index (χ1n) is 11.7. The molecule has 2 unspecified atom stereocenters. The van der Waals surface area contributed by atoms with Gasteiger partial charge in [0, 0.05) is 7.11 Å². The SMILES string of the molecule is C=C(CC(CC(=O)OC)C(=O)OC(C)COC)CC(C)(C)C(C)(C)CC(C)(C)C(C)(C)C. The third-order valence-corrected chi connectivity index (χ3v) is 7.67. The van der Waals surface area contributed by atoms with Gasteiger partial charge in [0.25, 0.3) is 0 Å². The molecular weight excluding hydrogens is 404 g/mol. The molecule has 0 saturated heterocycles. The summed E-state index contributed by atoms with van der Waals surface area (Å²) in [5.41, 5.74) is 1.28. The number of rotatable bonds is 13.